The maximum atomic E-state index is 13.3. The third-order valence-corrected chi connectivity index (χ3v) is 5.84. The predicted octanol–water partition coefficient (Wildman–Crippen LogP) is 5.93. The summed E-state index contributed by atoms with van der Waals surface area (Å²) in [6.07, 6.45) is -10.6. The lowest BCUT2D eigenvalue weighted by atomic mass is 9.77. The molecule has 0 saturated heterocycles. The van der Waals surface area contributed by atoms with E-state index in [1.807, 2.05) is 0 Å². The second kappa shape index (κ2) is 12.4. The fourth-order valence-corrected chi connectivity index (χ4v) is 4.14. The second-order valence-corrected chi connectivity index (χ2v) is 8.68. The summed E-state index contributed by atoms with van der Waals surface area (Å²) in [7, 11) is 1.06. The molecule has 14 heteroatoms. The van der Waals surface area contributed by atoms with Crippen molar-refractivity contribution in [1.82, 2.24) is 10.4 Å². The summed E-state index contributed by atoms with van der Waals surface area (Å²) in [6, 6.07) is 13.9. The number of carbonyl (C=O) groups excluding carboxylic acids is 2. The number of hydroxylamine groups is 2. The highest BCUT2D eigenvalue weighted by Crippen LogP contribution is 2.42. The first-order valence-electron chi connectivity index (χ1n) is 11.8. The molecule has 2 amide bonds. The van der Waals surface area contributed by atoms with Gasteiger partial charge in [-0.05, 0) is 47.9 Å². The Balaban J connectivity index is 2.30. The summed E-state index contributed by atoms with van der Waals surface area (Å²) >= 11 is 0. The van der Waals surface area contributed by atoms with Gasteiger partial charge in [-0.3, -0.25) is 5.21 Å². The van der Waals surface area contributed by atoms with Crippen LogP contribution >= 0.6 is 0 Å². The number of amides is 2. The topological polar surface area (TPSA) is 97.3 Å². The zero-order valence-corrected chi connectivity index (χ0v) is 21.5. The molecule has 0 heterocycles. The zero-order valence-electron chi connectivity index (χ0n) is 21.5. The van der Waals surface area contributed by atoms with E-state index in [1.54, 1.807) is 30.3 Å². The first kappa shape index (κ1) is 31.1. The van der Waals surface area contributed by atoms with Gasteiger partial charge < -0.3 is 19.5 Å². The fraction of sp³-hybridized carbons (Fsp3) is 0.259. The van der Waals surface area contributed by atoms with Crippen molar-refractivity contribution in [2.45, 2.75) is 37.7 Å². The standard InChI is InChI=1S/C27H24F6N2O6/c1-17(23(36)39-2)34-24(37)35(38)25(16-18-8-4-3-5-9-18,19-10-6-12-21(14-19)40-26(28,29)30)20-11-7-13-22(15-20)41-27(31,32)33/h3-15,17,38H,16H2,1-2H3,(H,34,37). The highest BCUT2D eigenvalue weighted by molar-refractivity contribution is 5.83. The largest absolute Gasteiger partial charge is 0.573 e. The molecular formula is C27H24F6N2O6. The van der Waals surface area contributed by atoms with Crippen molar-refractivity contribution < 1.29 is 55.3 Å². The molecule has 1 atom stereocenters. The molecular weight excluding hydrogens is 562 g/mol. The lowest BCUT2D eigenvalue weighted by Crippen LogP contribution is -2.55. The molecule has 8 nitrogen and oxygen atoms in total. The van der Waals surface area contributed by atoms with Crippen molar-refractivity contribution in [3.8, 4) is 11.5 Å². The Morgan fingerprint density at radius 3 is 1.76 bits per heavy atom. The van der Waals surface area contributed by atoms with Crippen molar-refractivity contribution in [1.29, 1.82) is 0 Å². The highest BCUT2D eigenvalue weighted by atomic mass is 19.4. The van der Waals surface area contributed by atoms with Gasteiger partial charge in [-0.25, -0.2) is 9.59 Å². The predicted molar refractivity (Wildman–Crippen MR) is 131 cm³/mol. The van der Waals surface area contributed by atoms with Crippen LogP contribution in [0.1, 0.15) is 23.6 Å². The van der Waals surface area contributed by atoms with E-state index in [1.165, 1.54) is 19.1 Å². The second-order valence-electron chi connectivity index (χ2n) is 8.68. The van der Waals surface area contributed by atoms with Crippen LogP contribution in [-0.4, -0.2) is 48.1 Å². The lowest BCUT2D eigenvalue weighted by molar-refractivity contribution is -0.275. The van der Waals surface area contributed by atoms with Crippen LogP contribution in [0.15, 0.2) is 78.9 Å². The number of alkyl halides is 6. The van der Waals surface area contributed by atoms with Gasteiger partial charge in [0.15, 0.2) is 0 Å². The Hall–Kier alpha value is -4.46. The van der Waals surface area contributed by atoms with Gasteiger partial charge >= 0.3 is 24.7 Å². The van der Waals surface area contributed by atoms with E-state index in [4.69, 9.17) is 0 Å². The van der Waals surface area contributed by atoms with E-state index in [9.17, 15) is 41.1 Å². The van der Waals surface area contributed by atoms with Crippen molar-refractivity contribution >= 4 is 12.0 Å². The number of rotatable bonds is 9. The summed E-state index contributed by atoms with van der Waals surface area (Å²) in [5.74, 6) is -2.35. The van der Waals surface area contributed by atoms with Gasteiger partial charge in [0.2, 0.25) is 0 Å². The molecule has 0 aliphatic heterocycles. The molecule has 3 rings (SSSR count). The molecule has 41 heavy (non-hydrogen) atoms. The van der Waals surface area contributed by atoms with E-state index in [0.717, 1.165) is 43.5 Å². The first-order valence-corrected chi connectivity index (χ1v) is 11.8. The fourth-order valence-electron chi connectivity index (χ4n) is 4.14. The molecule has 2 N–H and O–H groups in total. The Bertz CT molecular complexity index is 1290. The van der Waals surface area contributed by atoms with Crippen LogP contribution in [0.25, 0.3) is 0 Å². The molecule has 0 aromatic heterocycles. The van der Waals surface area contributed by atoms with Crippen LogP contribution < -0.4 is 14.8 Å². The van der Waals surface area contributed by atoms with Crippen molar-refractivity contribution in [3.05, 3.63) is 95.6 Å². The molecule has 0 saturated carbocycles. The van der Waals surface area contributed by atoms with Crippen LogP contribution in [0.5, 0.6) is 11.5 Å². The average Bonchev–Trinajstić information content (AvgIpc) is 2.89. The number of esters is 1. The maximum absolute atomic E-state index is 13.3. The van der Waals surface area contributed by atoms with Crippen LogP contribution in [0.4, 0.5) is 31.1 Å². The van der Waals surface area contributed by atoms with Crippen molar-refractivity contribution in [2.75, 3.05) is 7.11 Å². The molecule has 0 radical (unpaired) electrons. The van der Waals surface area contributed by atoms with Crippen LogP contribution in [-0.2, 0) is 21.5 Å². The molecule has 0 spiro atoms. The van der Waals surface area contributed by atoms with Crippen LogP contribution in [0.2, 0.25) is 0 Å². The Kier molecular flexibility index (Phi) is 9.38. The van der Waals surface area contributed by atoms with Crippen molar-refractivity contribution in [3.63, 3.8) is 0 Å². The first-order chi connectivity index (χ1) is 19.1. The van der Waals surface area contributed by atoms with Gasteiger partial charge in [-0.15, -0.1) is 26.3 Å². The molecule has 0 bridgehead atoms. The third-order valence-electron chi connectivity index (χ3n) is 5.84. The molecule has 0 aliphatic carbocycles. The van der Waals surface area contributed by atoms with Crippen LogP contribution in [0, 0.1) is 0 Å². The van der Waals surface area contributed by atoms with E-state index in [2.05, 4.69) is 19.5 Å². The summed E-state index contributed by atoms with van der Waals surface area (Å²) in [5, 5.41) is 13.8. The van der Waals surface area contributed by atoms with E-state index < -0.39 is 47.8 Å². The van der Waals surface area contributed by atoms with Gasteiger partial charge in [0, 0.05) is 6.42 Å². The van der Waals surface area contributed by atoms with Gasteiger partial charge in [-0.2, -0.15) is 5.06 Å². The van der Waals surface area contributed by atoms with Gasteiger partial charge in [0.1, 0.15) is 23.1 Å². The smallest absolute Gasteiger partial charge is 0.467 e. The Labute approximate surface area is 230 Å². The minimum Gasteiger partial charge on any atom is -0.467 e. The Morgan fingerprint density at radius 1 is 0.829 bits per heavy atom. The third kappa shape index (κ3) is 8.03. The molecule has 1 unspecified atom stereocenters. The number of halogens is 6. The highest BCUT2D eigenvalue weighted by Gasteiger charge is 2.45. The van der Waals surface area contributed by atoms with E-state index in [-0.39, 0.29) is 22.6 Å². The summed E-state index contributed by atoms with van der Waals surface area (Å²) in [5.41, 5.74) is -2.15. The maximum Gasteiger partial charge on any atom is 0.573 e. The number of nitrogens with zero attached hydrogens (tertiary/aromatic N) is 1. The minimum atomic E-state index is -5.10. The number of nitrogens with one attached hydrogen (secondary N) is 1. The van der Waals surface area contributed by atoms with Gasteiger partial charge in [0.25, 0.3) is 0 Å². The number of hydrogen-bond acceptors (Lipinski definition) is 6. The summed E-state index contributed by atoms with van der Waals surface area (Å²) < 4.78 is 91.1. The van der Waals surface area contributed by atoms with E-state index in [0.29, 0.717) is 5.56 Å². The number of methoxy groups -OCH3 is 1. The molecule has 3 aromatic carbocycles. The van der Waals surface area contributed by atoms with Crippen LogP contribution in [0.3, 0.4) is 0 Å². The number of benzene rings is 3. The quantitative estimate of drug-likeness (QED) is 0.140. The lowest BCUT2D eigenvalue weighted by Gasteiger charge is -2.41. The molecule has 220 valence electrons. The number of carbonyl (C=O) groups is 2. The summed E-state index contributed by atoms with van der Waals surface area (Å²) in [6.45, 7) is 1.24. The minimum absolute atomic E-state index is 0.0961. The average molecular weight is 586 g/mol. The number of ether oxygens (including phenoxy) is 3. The zero-order chi connectivity index (χ0) is 30.4. The number of hydrogen-bond donors (Lipinski definition) is 2. The van der Waals surface area contributed by atoms with E-state index >= 15 is 0 Å². The van der Waals surface area contributed by atoms with Gasteiger partial charge in [0.05, 0.1) is 7.11 Å². The summed E-state index contributed by atoms with van der Waals surface area (Å²) in [4.78, 5) is 25.2. The molecule has 3 aromatic rings. The molecule has 0 fully saturated rings. The Morgan fingerprint density at radius 2 is 1.32 bits per heavy atom. The number of urea groups is 1. The molecule has 0 aliphatic rings. The van der Waals surface area contributed by atoms with Crippen molar-refractivity contribution in [2.24, 2.45) is 0 Å². The normalized spacial score (nSPS) is 12.7. The SMILES string of the molecule is COC(=O)C(C)NC(=O)N(O)C(Cc1ccccc1)(c1cccc(OC(F)(F)F)c1)c1cccc(OC(F)(F)F)c1. The van der Waals surface area contributed by atoms with Gasteiger partial charge in [-0.1, -0.05) is 54.6 Å². The monoisotopic (exact) mass is 586 g/mol.